The van der Waals surface area contributed by atoms with Crippen LogP contribution in [0.25, 0.3) is 0 Å². The molecule has 0 aliphatic heterocycles. The minimum atomic E-state index is 0. The van der Waals surface area contributed by atoms with Gasteiger partial charge in [-0.25, -0.2) is 4.98 Å². The number of guanidine groups is 1. The van der Waals surface area contributed by atoms with Gasteiger partial charge >= 0.3 is 0 Å². The lowest BCUT2D eigenvalue weighted by molar-refractivity contribution is 0.645. The normalized spacial score (nSPS) is 14.7. The third-order valence-electron chi connectivity index (χ3n) is 5.46. The van der Waals surface area contributed by atoms with Crippen molar-refractivity contribution < 1.29 is 0 Å². The minimum absolute atomic E-state index is 0. The summed E-state index contributed by atoms with van der Waals surface area (Å²) < 4.78 is 2.07. The highest BCUT2D eigenvalue weighted by atomic mass is 127. The summed E-state index contributed by atoms with van der Waals surface area (Å²) in [6.07, 6.45) is 8.10. The van der Waals surface area contributed by atoms with Crippen LogP contribution in [-0.4, -0.2) is 29.1 Å². The predicted octanol–water partition coefficient (Wildman–Crippen LogP) is 3.95. The standard InChI is InChI=1S/C23H27N5.HI/c1-24-22(27-17-23(11-12-23)21-5-3-2-4-6-21)26-15-19-7-9-20(10-8-19)16-28-14-13-25-18-28;/h2-10,13-14,18H,11-12,15-17H2,1H3,(H2,24,26,27);1H. The van der Waals surface area contributed by atoms with Gasteiger partial charge in [0.2, 0.25) is 0 Å². The number of aromatic nitrogens is 2. The quantitative estimate of drug-likeness (QED) is 0.293. The fraction of sp³-hybridized carbons (Fsp3) is 0.304. The second kappa shape index (κ2) is 9.91. The molecule has 0 bridgehead atoms. The van der Waals surface area contributed by atoms with Gasteiger partial charge < -0.3 is 15.2 Å². The van der Waals surface area contributed by atoms with E-state index in [1.165, 1.54) is 29.5 Å². The van der Waals surface area contributed by atoms with E-state index in [0.29, 0.717) is 0 Å². The van der Waals surface area contributed by atoms with Gasteiger partial charge in [-0.1, -0.05) is 54.6 Å². The molecular formula is C23H28IN5. The summed E-state index contributed by atoms with van der Waals surface area (Å²) in [4.78, 5) is 8.46. The number of nitrogens with one attached hydrogen (secondary N) is 2. The van der Waals surface area contributed by atoms with Gasteiger partial charge in [0.05, 0.1) is 6.33 Å². The summed E-state index contributed by atoms with van der Waals surface area (Å²) in [7, 11) is 1.83. The molecule has 2 aromatic carbocycles. The molecule has 1 aliphatic rings. The van der Waals surface area contributed by atoms with E-state index >= 15 is 0 Å². The van der Waals surface area contributed by atoms with Crippen LogP contribution in [0.5, 0.6) is 0 Å². The second-order valence-electron chi connectivity index (χ2n) is 7.48. The van der Waals surface area contributed by atoms with Crippen molar-refractivity contribution >= 4 is 29.9 Å². The Morgan fingerprint density at radius 2 is 1.76 bits per heavy atom. The van der Waals surface area contributed by atoms with E-state index in [9.17, 15) is 0 Å². The molecule has 6 heteroatoms. The van der Waals surface area contributed by atoms with E-state index < -0.39 is 0 Å². The largest absolute Gasteiger partial charge is 0.356 e. The summed E-state index contributed by atoms with van der Waals surface area (Å²) >= 11 is 0. The molecule has 0 unspecified atom stereocenters. The van der Waals surface area contributed by atoms with Crippen LogP contribution in [0, 0.1) is 0 Å². The third-order valence-corrected chi connectivity index (χ3v) is 5.46. The Bertz CT molecular complexity index is 900. The van der Waals surface area contributed by atoms with Crippen molar-refractivity contribution in [3.8, 4) is 0 Å². The molecule has 0 radical (unpaired) electrons. The highest BCUT2D eigenvalue weighted by Gasteiger charge is 2.43. The summed E-state index contributed by atoms with van der Waals surface area (Å²) in [5, 5.41) is 6.94. The van der Waals surface area contributed by atoms with Crippen molar-refractivity contribution in [1.82, 2.24) is 20.2 Å². The first kappa shape index (κ1) is 21.4. The summed E-state index contributed by atoms with van der Waals surface area (Å²) in [5.41, 5.74) is 4.20. The van der Waals surface area contributed by atoms with E-state index in [1.54, 1.807) is 6.20 Å². The molecule has 1 heterocycles. The Hall–Kier alpha value is -2.35. The lowest BCUT2D eigenvalue weighted by Crippen LogP contribution is -2.40. The molecule has 0 spiro atoms. The van der Waals surface area contributed by atoms with Crippen LogP contribution in [0.4, 0.5) is 0 Å². The molecule has 3 aromatic rings. The number of halogens is 1. The Kier molecular flexibility index (Phi) is 7.30. The molecule has 1 fully saturated rings. The molecule has 4 rings (SSSR count). The van der Waals surface area contributed by atoms with Gasteiger partial charge in [0.1, 0.15) is 0 Å². The van der Waals surface area contributed by atoms with Crippen molar-refractivity contribution in [3.05, 3.63) is 90.0 Å². The molecule has 1 aromatic heterocycles. The zero-order chi connectivity index (χ0) is 19.2. The fourth-order valence-electron chi connectivity index (χ4n) is 3.52. The Balaban J connectivity index is 0.00000240. The fourth-order valence-corrected chi connectivity index (χ4v) is 3.52. The third kappa shape index (κ3) is 5.59. The summed E-state index contributed by atoms with van der Waals surface area (Å²) in [6, 6.07) is 19.5. The number of hydrogen-bond donors (Lipinski definition) is 2. The molecule has 152 valence electrons. The maximum Gasteiger partial charge on any atom is 0.191 e. The van der Waals surface area contributed by atoms with Gasteiger partial charge in [-0.3, -0.25) is 4.99 Å². The van der Waals surface area contributed by atoms with Gasteiger partial charge in [-0.05, 0) is 29.5 Å². The first-order chi connectivity index (χ1) is 13.8. The Morgan fingerprint density at radius 3 is 2.38 bits per heavy atom. The Morgan fingerprint density at radius 1 is 1.03 bits per heavy atom. The highest BCUT2D eigenvalue weighted by molar-refractivity contribution is 14.0. The van der Waals surface area contributed by atoms with Crippen LogP contribution < -0.4 is 10.6 Å². The van der Waals surface area contributed by atoms with Gasteiger partial charge in [0.25, 0.3) is 0 Å². The molecule has 0 amide bonds. The lowest BCUT2D eigenvalue weighted by Gasteiger charge is -2.19. The number of benzene rings is 2. The van der Waals surface area contributed by atoms with Crippen LogP contribution in [0.15, 0.2) is 78.3 Å². The molecule has 1 aliphatic carbocycles. The van der Waals surface area contributed by atoms with E-state index in [-0.39, 0.29) is 29.4 Å². The minimum Gasteiger partial charge on any atom is -0.356 e. The van der Waals surface area contributed by atoms with E-state index in [4.69, 9.17) is 0 Å². The lowest BCUT2D eigenvalue weighted by atomic mass is 9.96. The van der Waals surface area contributed by atoms with Crippen LogP contribution in [0.2, 0.25) is 0 Å². The smallest absolute Gasteiger partial charge is 0.191 e. The van der Waals surface area contributed by atoms with Crippen LogP contribution >= 0.6 is 24.0 Å². The van der Waals surface area contributed by atoms with Gasteiger partial charge in [-0.2, -0.15) is 0 Å². The number of imidazole rings is 1. The van der Waals surface area contributed by atoms with E-state index in [0.717, 1.165) is 25.6 Å². The monoisotopic (exact) mass is 501 g/mol. The molecule has 1 saturated carbocycles. The van der Waals surface area contributed by atoms with Crippen molar-refractivity contribution in [2.75, 3.05) is 13.6 Å². The van der Waals surface area contributed by atoms with Gasteiger partial charge in [-0.15, -0.1) is 24.0 Å². The second-order valence-corrected chi connectivity index (χ2v) is 7.48. The maximum absolute atomic E-state index is 4.38. The molecule has 5 nitrogen and oxygen atoms in total. The first-order valence-electron chi connectivity index (χ1n) is 9.81. The van der Waals surface area contributed by atoms with E-state index in [2.05, 4.69) is 79.8 Å². The number of hydrogen-bond acceptors (Lipinski definition) is 2. The zero-order valence-electron chi connectivity index (χ0n) is 16.7. The molecular weight excluding hydrogens is 473 g/mol. The molecule has 0 atom stereocenters. The predicted molar refractivity (Wildman–Crippen MR) is 129 cm³/mol. The van der Waals surface area contributed by atoms with Crippen molar-refractivity contribution in [1.29, 1.82) is 0 Å². The number of rotatable bonds is 7. The molecule has 29 heavy (non-hydrogen) atoms. The van der Waals surface area contributed by atoms with Crippen LogP contribution in [-0.2, 0) is 18.5 Å². The molecule has 2 N–H and O–H groups in total. The topological polar surface area (TPSA) is 54.2 Å². The Labute approximate surface area is 189 Å². The molecule has 0 saturated heterocycles. The average Bonchev–Trinajstić information content (AvgIpc) is 3.37. The number of nitrogens with zero attached hydrogens (tertiary/aromatic N) is 3. The van der Waals surface area contributed by atoms with Gasteiger partial charge in [0.15, 0.2) is 5.96 Å². The highest BCUT2D eigenvalue weighted by Crippen LogP contribution is 2.47. The SMILES string of the molecule is CN=C(NCc1ccc(Cn2ccnc2)cc1)NCC1(c2ccccc2)CC1.I. The van der Waals surface area contributed by atoms with Crippen molar-refractivity contribution in [2.45, 2.75) is 31.3 Å². The van der Waals surface area contributed by atoms with E-state index in [1.807, 2.05) is 19.6 Å². The van der Waals surface area contributed by atoms with Crippen molar-refractivity contribution in [2.24, 2.45) is 4.99 Å². The first-order valence-corrected chi connectivity index (χ1v) is 9.81. The van der Waals surface area contributed by atoms with Crippen LogP contribution in [0.1, 0.15) is 29.5 Å². The average molecular weight is 501 g/mol. The maximum atomic E-state index is 4.38. The van der Waals surface area contributed by atoms with Crippen LogP contribution in [0.3, 0.4) is 0 Å². The zero-order valence-corrected chi connectivity index (χ0v) is 19.0. The van der Waals surface area contributed by atoms with Gasteiger partial charge in [0, 0.05) is 44.5 Å². The number of aliphatic imine (C=N–C) groups is 1. The van der Waals surface area contributed by atoms with Crippen molar-refractivity contribution in [3.63, 3.8) is 0 Å². The summed E-state index contributed by atoms with van der Waals surface area (Å²) in [6.45, 7) is 2.52. The summed E-state index contributed by atoms with van der Waals surface area (Å²) in [5.74, 6) is 0.852.